The molecule has 0 bridgehead atoms. The van der Waals surface area contributed by atoms with E-state index in [1.165, 1.54) is 0 Å². The predicted molar refractivity (Wildman–Crippen MR) is 43.9 cm³/mol. The Hall–Kier alpha value is -0.363. The maximum absolute atomic E-state index is 13.4. The third-order valence-electron chi connectivity index (χ3n) is 2.22. The van der Waals surface area contributed by atoms with Crippen LogP contribution in [0.15, 0.2) is 0 Å². The van der Waals surface area contributed by atoms with Crippen LogP contribution >= 0.6 is 0 Å². The van der Waals surface area contributed by atoms with Crippen molar-refractivity contribution in [2.75, 3.05) is 0 Å². The molecule has 0 saturated carbocycles. The van der Waals surface area contributed by atoms with Gasteiger partial charge in [-0.15, -0.1) is 0 Å². The molecule has 0 rings (SSSR count). The van der Waals surface area contributed by atoms with E-state index in [2.05, 4.69) is 4.85 Å². The Labute approximate surface area is 63.3 Å². The zero-order valence-corrected chi connectivity index (χ0v) is 8.03. The lowest BCUT2D eigenvalue weighted by Crippen LogP contribution is -2.45. The molecule has 0 aliphatic rings. The van der Waals surface area contributed by atoms with Gasteiger partial charge < -0.3 is 8.95 Å². The summed E-state index contributed by atoms with van der Waals surface area (Å²) >= 11 is 0. The number of halogens is 1. The summed E-state index contributed by atoms with van der Waals surface area (Å²) in [4.78, 5) is 3.35. The van der Waals surface area contributed by atoms with E-state index in [-0.39, 0.29) is 0 Å². The van der Waals surface area contributed by atoms with Crippen LogP contribution < -0.4 is 0 Å². The molecule has 1 nitrogen and oxygen atoms in total. The first-order chi connectivity index (χ1) is 4.37. The summed E-state index contributed by atoms with van der Waals surface area (Å²) in [6, 6.07) is 0. The van der Waals surface area contributed by atoms with Crippen LogP contribution in [0, 0.1) is 6.57 Å². The lowest BCUT2D eigenvalue weighted by atomic mass is 10.3. The largest absolute Gasteiger partial charge is 0.335 e. The van der Waals surface area contributed by atoms with Crippen LogP contribution in [0.4, 0.5) is 4.11 Å². The quantitative estimate of drug-likeness (QED) is 0.331. The molecule has 0 fully saturated rings. The van der Waals surface area contributed by atoms with Crippen LogP contribution in [0.5, 0.6) is 0 Å². The summed E-state index contributed by atoms with van der Waals surface area (Å²) in [5.74, 6) is 0. The minimum absolute atomic E-state index is 0.617. The highest BCUT2D eigenvalue weighted by Gasteiger charge is 2.50. The van der Waals surface area contributed by atoms with Gasteiger partial charge in [0.1, 0.15) is 0 Å². The molecule has 1 atom stereocenters. The summed E-state index contributed by atoms with van der Waals surface area (Å²) in [5.41, 5.74) is 0. The fourth-order valence-electron chi connectivity index (χ4n) is 0.632. The Morgan fingerprint density at radius 2 is 2.00 bits per heavy atom. The molecule has 0 spiro atoms. The molecule has 0 aromatic carbocycles. The van der Waals surface area contributed by atoms with Crippen molar-refractivity contribution in [3.05, 3.63) is 11.4 Å². The molecular formula is C7H14FNSi. The Kier molecular flexibility index (Phi) is 2.61. The van der Waals surface area contributed by atoms with E-state index in [1.807, 2.05) is 6.92 Å². The Morgan fingerprint density at radius 3 is 2.00 bits per heavy atom. The van der Waals surface area contributed by atoms with E-state index in [9.17, 15) is 4.11 Å². The van der Waals surface area contributed by atoms with Gasteiger partial charge in [-0.05, 0) is 13.1 Å². The standard InChI is InChI=1S/C7H14FNSi/c1-6-7(2,9-3)10(4,5)8/h6H2,1-2,4-5H3. The van der Waals surface area contributed by atoms with Crippen molar-refractivity contribution in [1.29, 1.82) is 0 Å². The van der Waals surface area contributed by atoms with Crippen molar-refractivity contribution in [1.82, 2.24) is 0 Å². The van der Waals surface area contributed by atoms with Gasteiger partial charge in [0, 0.05) is 13.3 Å². The molecule has 0 radical (unpaired) electrons. The van der Waals surface area contributed by atoms with Crippen LogP contribution in [0.1, 0.15) is 20.3 Å². The molecule has 0 aliphatic carbocycles. The summed E-state index contributed by atoms with van der Waals surface area (Å²) in [6.07, 6.45) is 0.617. The minimum atomic E-state index is -2.77. The average molecular weight is 159 g/mol. The van der Waals surface area contributed by atoms with E-state index in [4.69, 9.17) is 6.57 Å². The highest BCUT2D eigenvalue weighted by molar-refractivity contribution is 6.74. The van der Waals surface area contributed by atoms with Gasteiger partial charge in [0.15, 0.2) is 0 Å². The molecular weight excluding hydrogens is 145 g/mol. The molecule has 1 unspecified atom stereocenters. The SMILES string of the molecule is [C-]#[N+]C(C)(CC)[Si](C)(C)F. The minimum Gasteiger partial charge on any atom is -0.313 e. The second kappa shape index (κ2) is 2.71. The molecule has 3 heteroatoms. The van der Waals surface area contributed by atoms with Gasteiger partial charge in [-0.25, -0.2) is 6.57 Å². The Morgan fingerprint density at radius 1 is 1.60 bits per heavy atom. The van der Waals surface area contributed by atoms with Crippen molar-refractivity contribution in [2.24, 2.45) is 0 Å². The van der Waals surface area contributed by atoms with Crippen molar-refractivity contribution in [2.45, 2.75) is 38.5 Å². The topological polar surface area (TPSA) is 4.36 Å². The van der Waals surface area contributed by atoms with Gasteiger partial charge in [-0.2, -0.15) is 0 Å². The molecule has 0 amide bonds. The zero-order chi connectivity index (χ0) is 8.41. The lowest BCUT2D eigenvalue weighted by Gasteiger charge is -2.22. The first kappa shape index (κ1) is 9.64. The lowest BCUT2D eigenvalue weighted by molar-refractivity contribution is 0.617. The van der Waals surface area contributed by atoms with E-state index in [0.717, 1.165) is 0 Å². The molecule has 10 heavy (non-hydrogen) atoms. The van der Waals surface area contributed by atoms with Crippen LogP contribution in [-0.2, 0) is 0 Å². The van der Waals surface area contributed by atoms with E-state index in [0.29, 0.717) is 6.42 Å². The van der Waals surface area contributed by atoms with E-state index >= 15 is 0 Å². The van der Waals surface area contributed by atoms with Gasteiger partial charge in [0.2, 0.25) is 5.16 Å². The third-order valence-corrected chi connectivity index (χ3v) is 5.24. The van der Waals surface area contributed by atoms with Crippen LogP contribution in [-0.4, -0.2) is 13.6 Å². The first-order valence-electron chi connectivity index (χ1n) is 3.45. The predicted octanol–water partition coefficient (Wildman–Crippen LogP) is 2.79. The Bertz CT molecular complexity index is 156. The fraction of sp³-hybridized carbons (Fsp3) is 0.857. The molecule has 0 aromatic rings. The number of rotatable bonds is 2. The summed E-state index contributed by atoms with van der Waals surface area (Å²) < 4.78 is 13.4. The summed E-state index contributed by atoms with van der Waals surface area (Å²) in [6.45, 7) is 13.6. The van der Waals surface area contributed by atoms with Crippen molar-refractivity contribution >= 4 is 8.41 Å². The average Bonchev–Trinajstić information content (AvgIpc) is 1.84. The van der Waals surface area contributed by atoms with Gasteiger partial charge in [-0.1, -0.05) is 6.92 Å². The highest BCUT2D eigenvalue weighted by atomic mass is 28.4. The van der Waals surface area contributed by atoms with Gasteiger partial charge in [0.05, 0.1) is 0 Å². The fourth-order valence-corrected chi connectivity index (χ4v) is 1.74. The highest BCUT2D eigenvalue weighted by Crippen LogP contribution is 2.28. The second-order valence-corrected chi connectivity index (χ2v) is 7.23. The normalized spacial score (nSPS) is 17.6. The molecule has 0 aliphatic heterocycles. The van der Waals surface area contributed by atoms with Crippen molar-refractivity contribution < 1.29 is 4.11 Å². The summed E-state index contributed by atoms with van der Waals surface area (Å²) in [5, 5.41) is -0.715. The third kappa shape index (κ3) is 1.57. The van der Waals surface area contributed by atoms with E-state index < -0.39 is 13.6 Å². The number of nitrogens with zero attached hydrogens (tertiary/aromatic N) is 1. The van der Waals surface area contributed by atoms with Crippen LogP contribution in [0.3, 0.4) is 0 Å². The zero-order valence-electron chi connectivity index (χ0n) is 7.03. The maximum Gasteiger partial charge on any atom is 0.335 e. The monoisotopic (exact) mass is 159 g/mol. The molecule has 0 heterocycles. The molecule has 0 aromatic heterocycles. The number of hydrogen-bond acceptors (Lipinski definition) is 0. The van der Waals surface area contributed by atoms with E-state index in [1.54, 1.807) is 20.0 Å². The maximum atomic E-state index is 13.4. The van der Waals surface area contributed by atoms with Crippen LogP contribution in [0.2, 0.25) is 13.1 Å². The first-order valence-corrected chi connectivity index (χ1v) is 6.32. The van der Waals surface area contributed by atoms with Gasteiger partial charge in [-0.3, -0.25) is 0 Å². The number of hydrogen-bond donors (Lipinski definition) is 0. The molecule has 58 valence electrons. The van der Waals surface area contributed by atoms with Crippen molar-refractivity contribution in [3.63, 3.8) is 0 Å². The van der Waals surface area contributed by atoms with Crippen LogP contribution in [0.25, 0.3) is 4.85 Å². The molecule has 0 N–H and O–H groups in total. The van der Waals surface area contributed by atoms with Crippen molar-refractivity contribution in [3.8, 4) is 0 Å². The van der Waals surface area contributed by atoms with Gasteiger partial charge >= 0.3 is 8.41 Å². The molecule has 0 saturated heterocycles. The second-order valence-electron chi connectivity index (χ2n) is 3.21. The smallest absolute Gasteiger partial charge is 0.313 e. The Balaban J connectivity index is 4.54. The summed E-state index contributed by atoms with van der Waals surface area (Å²) in [7, 11) is -2.77. The van der Waals surface area contributed by atoms with Gasteiger partial charge in [0.25, 0.3) is 0 Å².